The molecule has 0 bridgehead atoms. The molecule has 1 aromatic carbocycles. The molecule has 2 aromatic rings. The Labute approximate surface area is 170 Å². The standard InChI is InChI=1S/C18H20N4O4S2/c1-12-11-27-18(20-12)28-15-5-4-13(10-14(15)22(25)26)17(24)19-7-6-16(23)21-8-2-3-9-21/h4-5,10-11H,2-3,6-9H2,1H3,(H,19,24). The molecule has 1 saturated heterocycles. The summed E-state index contributed by atoms with van der Waals surface area (Å²) in [6, 6.07) is 4.37. The van der Waals surface area contributed by atoms with Gasteiger partial charge in [-0.25, -0.2) is 4.98 Å². The summed E-state index contributed by atoms with van der Waals surface area (Å²) in [5, 5.41) is 16.0. The molecule has 2 amide bonds. The molecule has 2 heterocycles. The van der Waals surface area contributed by atoms with E-state index in [1.54, 1.807) is 17.0 Å². The van der Waals surface area contributed by atoms with E-state index in [0.717, 1.165) is 31.6 Å². The number of nitrogens with one attached hydrogen (secondary N) is 1. The third-order valence-corrected chi connectivity index (χ3v) is 6.42. The van der Waals surface area contributed by atoms with Crippen molar-refractivity contribution in [3.05, 3.63) is 45.0 Å². The van der Waals surface area contributed by atoms with E-state index in [-0.39, 0.29) is 30.1 Å². The molecule has 0 radical (unpaired) electrons. The predicted molar refractivity (Wildman–Crippen MR) is 107 cm³/mol. The fourth-order valence-corrected chi connectivity index (χ4v) is 4.75. The smallest absolute Gasteiger partial charge is 0.284 e. The van der Waals surface area contributed by atoms with Crippen LogP contribution in [0.5, 0.6) is 0 Å². The topological polar surface area (TPSA) is 105 Å². The second-order valence-corrected chi connectivity index (χ2v) is 8.54. The van der Waals surface area contributed by atoms with Gasteiger partial charge in [-0.15, -0.1) is 11.3 Å². The fourth-order valence-electron chi connectivity index (χ4n) is 2.87. The summed E-state index contributed by atoms with van der Waals surface area (Å²) >= 11 is 2.62. The summed E-state index contributed by atoms with van der Waals surface area (Å²) in [6.45, 7) is 3.61. The van der Waals surface area contributed by atoms with Gasteiger partial charge in [-0.2, -0.15) is 0 Å². The van der Waals surface area contributed by atoms with Crippen molar-refractivity contribution in [3.63, 3.8) is 0 Å². The molecule has 8 nitrogen and oxygen atoms in total. The summed E-state index contributed by atoms with van der Waals surface area (Å²) in [7, 11) is 0. The zero-order chi connectivity index (χ0) is 20.1. The molecule has 0 unspecified atom stereocenters. The highest BCUT2D eigenvalue weighted by molar-refractivity contribution is 8.01. The van der Waals surface area contributed by atoms with Crippen LogP contribution in [0, 0.1) is 17.0 Å². The lowest BCUT2D eigenvalue weighted by molar-refractivity contribution is -0.387. The Morgan fingerprint density at radius 2 is 2.11 bits per heavy atom. The van der Waals surface area contributed by atoms with Crippen LogP contribution in [0.4, 0.5) is 5.69 Å². The quantitative estimate of drug-likeness (QED) is 0.544. The Balaban J connectivity index is 1.62. The van der Waals surface area contributed by atoms with Crippen LogP contribution < -0.4 is 5.32 Å². The second kappa shape index (κ2) is 9.16. The van der Waals surface area contributed by atoms with E-state index < -0.39 is 10.8 Å². The first-order valence-corrected chi connectivity index (χ1v) is 10.6. The molecule has 1 aromatic heterocycles. The van der Waals surface area contributed by atoms with E-state index in [1.807, 2.05) is 12.3 Å². The number of likely N-dealkylation sites (tertiary alicyclic amines) is 1. The van der Waals surface area contributed by atoms with Crippen LogP contribution in [0.2, 0.25) is 0 Å². The zero-order valence-electron chi connectivity index (χ0n) is 15.3. The third-order valence-electron chi connectivity index (χ3n) is 4.30. The van der Waals surface area contributed by atoms with E-state index in [1.165, 1.54) is 29.2 Å². The molecule has 28 heavy (non-hydrogen) atoms. The lowest BCUT2D eigenvalue weighted by atomic mass is 10.2. The fraction of sp³-hybridized carbons (Fsp3) is 0.389. The van der Waals surface area contributed by atoms with Crippen LogP contribution in [0.15, 0.2) is 32.8 Å². The Hall–Kier alpha value is -2.46. The maximum atomic E-state index is 12.3. The number of rotatable bonds is 7. The molecule has 1 N–H and O–H groups in total. The normalized spacial score (nSPS) is 13.5. The van der Waals surface area contributed by atoms with Gasteiger partial charge in [0.05, 0.1) is 9.82 Å². The van der Waals surface area contributed by atoms with E-state index in [0.29, 0.717) is 9.24 Å². The van der Waals surface area contributed by atoms with Gasteiger partial charge in [0.2, 0.25) is 5.91 Å². The minimum atomic E-state index is -0.503. The highest BCUT2D eigenvalue weighted by Gasteiger charge is 2.20. The number of nitrogens with zero attached hydrogens (tertiary/aromatic N) is 3. The maximum Gasteiger partial charge on any atom is 0.284 e. The molecule has 0 spiro atoms. The van der Waals surface area contributed by atoms with Crippen LogP contribution in [0.1, 0.15) is 35.3 Å². The van der Waals surface area contributed by atoms with Gasteiger partial charge in [-0.05, 0) is 31.9 Å². The SMILES string of the molecule is Cc1csc(Sc2ccc(C(=O)NCCC(=O)N3CCCC3)cc2[N+](=O)[O-])n1. The summed E-state index contributed by atoms with van der Waals surface area (Å²) in [4.78, 5) is 41.8. The summed E-state index contributed by atoms with van der Waals surface area (Å²) < 4.78 is 0.707. The zero-order valence-corrected chi connectivity index (χ0v) is 17.0. The van der Waals surface area contributed by atoms with Crippen molar-refractivity contribution in [2.45, 2.75) is 35.4 Å². The number of hydrogen-bond donors (Lipinski definition) is 1. The molecule has 10 heteroatoms. The van der Waals surface area contributed by atoms with Crippen LogP contribution >= 0.6 is 23.1 Å². The molecule has 0 aliphatic carbocycles. The van der Waals surface area contributed by atoms with Crippen LogP contribution in [0.3, 0.4) is 0 Å². The van der Waals surface area contributed by atoms with Crippen molar-refractivity contribution in [1.29, 1.82) is 0 Å². The van der Waals surface area contributed by atoms with Gasteiger partial charge in [0.1, 0.15) is 0 Å². The number of carbonyl (C=O) groups excluding carboxylic acids is 2. The van der Waals surface area contributed by atoms with Crippen LogP contribution in [-0.2, 0) is 4.79 Å². The van der Waals surface area contributed by atoms with Crippen LogP contribution in [0.25, 0.3) is 0 Å². The average molecular weight is 421 g/mol. The molecular weight excluding hydrogens is 400 g/mol. The number of thiazole rings is 1. The first-order chi connectivity index (χ1) is 13.4. The third kappa shape index (κ3) is 5.08. The average Bonchev–Trinajstić information content (AvgIpc) is 3.33. The van der Waals surface area contributed by atoms with E-state index in [4.69, 9.17) is 0 Å². The monoisotopic (exact) mass is 420 g/mol. The number of nitro groups is 1. The number of aromatic nitrogens is 1. The maximum absolute atomic E-state index is 12.3. The highest BCUT2D eigenvalue weighted by Crippen LogP contribution is 2.36. The summed E-state index contributed by atoms with van der Waals surface area (Å²) in [5.41, 5.74) is 0.910. The van der Waals surface area contributed by atoms with Gasteiger partial charge in [-0.3, -0.25) is 19.7 Å². The predicted octanol–water partition coefficient (Wildman–Crippen LogP) is 3.25. The van der Waals surface area contributed by atoms with Gasteiger partial charge in [0.25, 0.3) is 11.6 Å². The number of carbonyl (C=O) groups is 2. The van der Waals surface area contributed by atoms with E-state index in [2.05, 4.69) is 10.3 Å². The van der Waals surface area contributed by atoms with Crippen molar-refractivity contribution in [2.75, 3.05) is 19.6 Å². The largest absolute Gasteiger partial charge is 0.352 e. The van der Waals surface area contributed by atoms with Crippen molar-refractivity contribution in [1.82, 2.24) is 15.2 Å². The van der Waals surface area contributed by atoms with Gasteiger partial charge in [-0.1, -0.05) is 11.8 Å². The Bertz CT molecular complexity index is 893. The molecule has 148 valence electrons. The first kappa shape index (κ1) is 20.3. The molecule has 0 saturated carbocycles. The minimum absolute atomic E-state index is 0.0225. The molecule has 3 rings (SSSR count). The van der Waals surface area contributed by atoms with Crippen molar-refractivity contribution < 1.29 is 14.5 Å². The lowest BCUT2D eigenvalue weighted by Crippen LogP contribution is -2.32. The van der Waals surface area contributed by atoms with Gasteiger partial charge in [0, 0.05) is 48.8 Å². The summed E-state index contributed by atoms with van der Waals surface area (Å²) in [6.07, 6.45) is 2.27. The van der Waals surface area contributed by atoms with Crippen molar-refractivity contribution >= 4 is 40.6 Å². The molecule has 1 fully saturated rings. The number of amides is 2. The number of hydrogen-bond acceptors (Lipinski definition) is 7. The highest BCUT2D eigenvalue weighted by atomic mass is 32.2. The van der Waals surface area contributed by atoms with Crippen molar-refractivity contribution in [3.8, 4) is 0 Å². The van der Waals surface area contributed by atoms with Crippen LogP contribution in [-0.4, -0.2) is 46.3 Å². The Morgan fingerprint density at radius 3 is 2.75 bits per heavy atom. The van der Waals surface area contributed by atoms with Gasteiger partial charge >= 0.3 is 0 Å². The Morgan fingerprint density at radius 1 is 1.36 bits per heavy atom. The molecule has 1 aliphatic heterocycles. The number of benzene rings is 1. The molecular formula is C18H20N4O4S2. The second-order valence-electron chi connectivity index (χ2n) is 6.39. The number of nitro benzene ring substituents is 1. The number of aryl methyl sites for hydroxylation is 1. The van der Waals surface area contributed by atoms with E-state index >= 15 is 0 Å². The minimum Gasteiger partial charge on any atom is -0.352 e. The summed E-state index contributed by atoms with van der Waals surface area (Å²) in [5.74, 6) is -0.409. The van der Waals surface area contributed by atoms with E-state index in [9.17, 15) is 19.7 Å². The molecule has 0 atom stereocenters. The Kier molecular flexibility index (Phi) is 6.63. The molecule has 1 aliphatic rings. The lowest BCUT2D eigenvalue weighted by Gasteiger charge is -2.15. The van der Waals surface area contributed by atoms with Gasteiger partial charge < -0.3 is 10.2 Å². The van der Waals surface area contributed by atoms with Crippen molar-refractivity contribution in [2.24, 2.45) is 0 Å². The van der Waals surface area contributed by atoms with Gasteiger partial charge in [0.15, 0.2) is 4.34 Å². The first-order valence-electron chi connectivity index (χ1n) is 8.88.